The molecule has 0 aliphatic carbocycles. The fourth-order valence-electron chi connectivity index (χ4n) is 3.49. The van der Waals surface area contributed by atoms with Crippen molar-refractivity contribution in [1.82, 2.24) is 0 Å². The van der Waals surface area contributed by atoms with E-state index < -0.39 is 0 Å². The van der Waals surface area contributed by atoms with E-state index in [4.69, 9.17) is 4.74 Å². The van der Waals surface area contributed by atoms with Crippen LogP contribution in [0.2, 0.25) is 0 Å². The second-order valence-corrected chi connectivity index (χ2v) is 7.98. The van der Waals surface area contributed by atoms with E-state index in [1.54, 1.807) is 31.4 Å². The Morgan fingerprint density at radius 1 is 0.759 bits per heavy atom. The Kier molecular flexibility index (Phi) is 14.8. The van der Waals surface area contributed by atoms with Gasteiger partial charge >= 0.3 is 0 Å². The molecule has 1 aromatic rings. The number of carbonyl (C=O) groups excluding carboxylic acids is 2. The molecule has 164 valence electrons. The predicted molar refractivity (Wildman–Crippen MR) is 122 cm³/mol. The van der Waals surface area contributed by atoms with Crippen LogP contribution in [0.1, 0.15) is 103 Å². The van der Waals surface area contributed by atoms with Crippen LogP contribution in [0.25, 0.3) is 0 Å². The molecule has 0 aliphatic rings. The molecule has 0 unspecified atom stereocenters. The van der Waals surface area contributed by atoms with E-state index in [-0.39, 0.29) is 18.1 Å². The first-order valence-corrected chi connectivity index (χ1v) is 11.6. The van der Waals surface area contributed by atoms with Crippen LogP contribution in [0.15, 0.2) is 24.3 Å². The number of unbranched alkanes of at least 4 members (excludes halogenated alkanes) is 12. The summed E-state index contributed by atoms with van der Waals surface area (Å²) in [6, 6.07) is 7.11. The van der Waals surface area contributed by atoms with Crippen molar-refractivity contribution in [2.45, 2.75) is 103 Å². The molecule has 4 heteroatoms. The molecule has 0 heterocycles. The maximum atomic E-state index is 12.0. The molecule has 0 spiro atoms. The predicted octanol–water partition coefficient (Wildman–Crippen LogP) is 7.07. The highest BCUT2D eigenvalue weighted by Crippen LogP contribution is 2.16. The van der Waals surface area contributed by atoms with E-state index in [1.165, 1.54) is 70.6 Å². The molecular formula is C25H41NO3. The summed E-state index contributed by atoms with van der Waals surface area (Å²) in [6.07, 6.45) is 17.2. The summed E-state index contributed by atoms with van der Waals surface area (Å²) in [5.74, 6) is 0.524. The van der Waals surface area contributed by atoms with Crippen molar-refractivity contribution >= 4 is 17.4 Å². The van der Waals surface area contributed by atoms with Crippen molar-refractivity contribution in [1.29, 1.82) is 0 Å². The van der Waals surface area contributed by atoms with Crippen molar-refractivity contribution in [3.63, 3.8) is 0 Å². The molecule has 0 atom stereocenters. The van der Waals surface area contributed by atoms with Crippen molar-refractivity contribution in [2.24, 2.45) is 0 Å². The summed E-state index contributed by atoms with van der Waals surface area (Å²) in [6.45, 7) is 2.26. The van der Waals surface area contributed by atoms with Gasteiger partial charge in [-0.05, 0) is 30.7 Å². The molecule has 0 fully saturated rings. The second kappa shape index (κ2) is 17.1. The molecular weight excluding hydrogens is 362 g/mol. The van der Waals surface area contributed by atoms with Crippen LogP contribution in [0.4, 0.5) is 5.69 Å². The Balaban J connectivity index is 1.93. The Labute approximate surface area is 177 Å². The lowest BCUT2D eigenvalue weighted by Gasteiger charge is -2.06. The van der Waals surface area contributed by atoms with Gasteiger partial charge in [0.25, 0.3) is 0 Å². The Morgan fingerprint density at radius 3 is 1.72 bits per heavy atom. The van der Waals surface area contributed by atoms with Gasteiger partial charge in [0.15, 0.2) is 0 Å². The highest BCUT2D eigenvalue weighted by molar-refractivity contribution is 6.04. The molecule has 0 radical (unpaired) electrons. The number of nitrogens with one attached hydrogen (secondary N) is 1. The molecule has 0 bridgehead atoms. The maximum Gasteiger partial charge on any atom is 0.231 e. The maximum absolute atomic E-state index is 12.0. The van der Waals surface area contributed by atoms with E-state index in [0.717, 1.165) is 18.6 Å². The number of hydrogen-bond donors (Lipinski definition) is 1. The number of ketones is 1. The minimum atomic E-state index is -0.241. The fraction of sp³-hybridized carbons (Fsp3) is 0.680. The first kappa shape index (κ1) is 25.2. The standard InChI is InChI=1S/C25H41NO3/c1-3-4-5-6-7-8-9-10-11-12-13-14-15-16-23(27)21-25(28)26-22-17-19-24(29-2)20-18-22/h17-20H,3-16,21H2,1-2H3,(H,26,28). The molecule has 0 aliphatic heterocycles. The summed E-state index contributed by atoms with van der Waals surface area (Å²) in [7, 11) is 1.60. The third kappa shape index (κ3) is 13.9. The molecule has 4 nitrogen and oxygen atoms in total. The van der Waals surface area contributed by atoms with Crippen LogP contribution < -0.4 is 10.1 Å². The number of carbonyl (C=O) groups is 2. The van der Waals surface area contributed by atoms with Crippen molar-refractivity contribution in [2.75, 3.05) is 12.4 Å². The summed E-state index contributed by atoms with van der Waals surface area (Å²) >= 11 is 0. The zero-order chi connectivity index (χ0) is 21.2. The van der Waals surface area contributed by atoms with Crippen LogP contribution >= 0.6 is 0 Å². The van der Waals surface area contributed by atoms with E-state index >= 15 is 0 Å². The quantitative estimate of drug-likeness (QED) is 0.210. The summed E-state index contributed by atoms with van der Waals surface area (Å²) < 4.78 is 5.08. The van der Waals surface area contributed by atoms with Gasteiger partial charge in [0, 0.05) is 12.1 Å². The minimum Gasteiger partial charge on any atom is -0.497 e. The van der Waals surface area contributed by atoms with Gasteiger partial charge < -0.3 is 10.1 Å². The third-order valence-corrected chi connectivity index (χ3v) is 5.29. The highest BCUT2D eigenvalue weighted by atomic mass is 16.5. The molecule has 0 saturated heterocycles. The molecule has 0 aromatic heterocycles. The van der Waals surface area contributed by atoms with Gasteiger partial charge in [-0.1, -0.05) is 84.0 Å². The van der Waals surface area contributed by atoms with Crippen molar-refractivity contribution in [3.8, 4) is 5.75 Å². The van der Waals surface area contributed by atoms with Gasteiger partial charge in [0.05, 0.1) is 13.5 Å². The number of methoxy groups -OCH3 is 1. The number of anilines is 1. The van der Waals surface area contributed by atoms with Gasteiger partial charge in [0.1, 0.15) is 11.5 Å². The minimum absolute atomic E-state index is 0.0269. The smallest absolute Gasteiger partial charge is 0.231 e. The second-order valence-electron chi connectivity index (χ2n) is 7.98. The van der Waals surface area contributed by atoms with Gasteiger partial charge in [-0.25, -0.2) is 0 Å². The lowest BCUT2D eigenvalue weighted by Crippen LogP contribution is -2.16. The first-order valence-electron chi connectivity index (χ1n) is 11.6. The molecule has 1 N–H and O–H groups in total. The Bertz CT molecular complexity index is 554. The number of amides is 1. The molecule has 1 amide bonds. The van der Waals surface area contributed by atoms with Crippen molar-refractivity contribution in [3.05, 3.63) is 24.3 Å². The van der Waals surface area contributed by atoms with E-state index in [9.17, 15) is 9.59 Å². The Morgan fingerprint density at radius 2 is 1.24 bits per heavy atom. The summed E-state index contributed by atoms with van der Waals surface area (Å²) in [4.78, 5) is 23.9. The fourth-order valence-corrected chi connectivity index (χ4v) is 3.49. The average molecular weight is 404 g/mol. The number of Topliss-reactive ketones (excluding diaryl/α,β-unsaturated/α-hetero) is 1. The van der Waals surface area contributed by atoms with E-state index in [0.29, 0.717) is 12.1 Å². The highest BCUT2D eigenvalue weighted by Gasteiger charge is 2.09. The van der Waals surface area contributed by atoms with E-state index in [1.807, 2.05) is 0 Å². The summed E-state index contributed by atoms with van der Waals surface area (Å²) in [5.41, 5.74) is 0.685. The summed E-state index contributed by atoms with van der Waals surface area (Å²) in [5, 5.41) is 2.76. The Hall–Kier alpha value is -1.84. The van der Waals surface area contributed by atoms with Crippen LogP contribution in [-0.4, -0.2) is 18.8 Å². The normalized spacial score (nSPS) is 10.7. The monoisotopic (exact) mass is 403 g/mol. The lowest BCUT2D eigenvalue weighted by molar-refractivity contribution is -0.125. The van der Waals surface area contributed by atoms with Gasteiger partial charge in [0.2, 0.25) is 5.91 Å². The lowest BCUT2D eigenvalue weighted by atomic mass is 10.0. The topological polar surface area (TPSA) is 55.4 Å². The number of ether oxygens (including phenoxy) is 1. The van der Waals surface area contributed by atoms with Gasteiger partial charge in [-0.15, -0.1) is 0 Å². The number of rotatable bonds is 18. The van der Waals surface area contributed by atoms with Crippen LogP contribution in [0.3, 0.4) is 0 Å². The molecule has 29 heavy (non-hydrogen) atoms. The zero-order valence-corrected chi connectivity index (χ0v) is 18.6. The largest absolute Gasteiger partial charge is 0.497 e. The first-order chi connectivity index (χ1) is 14.2. The van der Waals surface area contributed by atoms with Crippen molar-refractivity contribution < 1.29 is 14.3 Å². The zero-order valence-electron chi connectivity index (χ0n) is 18.6. The molecule has 1 aromatic carbocycles. The van der Waals surface area contributed by atoms with Gasteiger partial charge in [-0.3, -0.25) is 9.59 Å². The molecule has 0 saturated carbocycles. The third-order valence-electron chi connectivity index (χ3n) is 5.29. The van der Waals surface area contributed by atoms with Crippen LogP contribution in [0.5, 0.6) is 5.75 Å². The SMILES string of the molecule is CCCCCCCCCCCCCCCC(=O)CC(=O)Nc1ccc(OC)cc1. The number of hydrogen-bond acceptors (Lipinski definition) is 3. The molecule has 1 rings (SSSR count). The van der Waals surface area contributed by atoms with E-state index in [2.05, 4.69) is 12.2 Å². The van der Waals surface area contributed by atoms with Crippen LogP contribution in [-0.2, 0) is 9.59 Å². The van der Waals surface area contributed by atoms with Crippen LogP contribution in [0, 0.1) is 0 Å². The number of benzene rings is 1. The van der Waals surface area contributed by atoms with Gasteiger partial charge in [-0.2, -0.15) is 0 Å². The average Bonchev–Trinajstić information content (AvgIpc) is 2.72.